The Hall–Kier alpha value is -2.77. The summed E-state index contributed by atoms with van der Waals surface area (Å²) in [5.41, 5.74) is 1.94. The number of hydrogen-bond donors (Lipinski definition) is 0. The van der Waals surface area contributed by atoms with Crippen molar-refractivity contribution in [1.29, 1.82) is 0 Å². The van der Waals surface area contributed by atoms with Crippen LogP contribution in [-0.4, -0.2) is 48.1 Å². The maximum atomic E-state index is 13.2. The minimum Gasteiger partial charge on any atom is -0.355 e. The number of ether oxygens (including phenoxy) is 2. The van der Waals surface area contributed by atoms with Gasteiger partial charge in [0, 0.05) is 37.1 Å². The van der Waals surface area contributed by atoms with Crippen LogP contribution in [0.3, 0.4) is 0 Å². The predicted molar refractivity (Wildman–Crippen MR) is 99.2 cm³/mol. The quantitative estimate of drug-likeness (QED) is 0.677. The summed E-state index contributed by atoms with van der Waals surface area (Å²) in [5, 5.41) is 4.78. The Morgan fingerprint density at radius 3 is 2.46 bits per heavy atom. The topological polar surface area (TPSA) is 64.8 Å². The Morgan fingerprint density at radius 2 is 1.75 bits per heavy atom. The van der Waals surface area contributed by atoms with Gasteiger partial charge in [0.2, 0.25) is 0 Å². The van der Waals surface area contributed by atoms with Crippen LogP contribution in [0.2, 0.25) is 0 Å². The first-order chi connectivity index (χ1) is 13.6. The summed E-state index contributed by atoms with van der Waals surface area (Å²) in [5.74, 6) is -0.345. The number of carbonyl (C=O) groups excluding carboxylic acids is 1. The molecular formula is C21H19FN2O4. The lowest BCUT2D eigenvalue weighted by molar-refractivity contribution is -0.181. The van der Waals surface area contributed by atoms with Crippen molar-refractivity contribution in [2.75, 3.05) is 26.3 Å². The summed E-state index contributed by atoms with van der Waals surface area (Å²) in [4.78, 5) is 14.8. The van der Waals surface area contributed by atoms with E-state index in [1.54, 1.807) is 30.3 Å². The highest BCUT2D eigenvalue weighted by molar-refractivity contribution is 6.01. The van der Waals surface area contributed by atoms with Crippen molar-refractivity contribution in [2.24, 2.45) is 0 Å². The lowest BCUT2D eigenvalue weighted by Crippen LogP contribution is -2.47. The Labute approximate surface area is 160 Å². The maximum absolute atomic E-state index is 13.2. The number of carbonyl (C=O) groups is 1. The predicted octanol–water partition coefficient (Wildman–Crippen LogP) is 3.61. The Bertz CT molecular complexity index is 1010. The zero-order chi connectivity index (χ0) is 19.1. The van der Waals surface area contributed by atoms with Crippen molar-refractivity contribution >= 4 is 16.8 Å². The molecule has 5 rings (SSSR count). The van der Waals surface area contributed by atoms with Crippen molar-refractivity contribution in [3.8, 4) is 11.3 Å². The average molecular weight is 382 g/mol. The van der Waals surface area contributed by atoms with Crippen molar-refractivity contribution in [3.63, 3.8) is 0 Å². The molecule has 0 N–H and O–H groups in total. The van der Waals surface area contributed by atoms with Crippen molar-refractivity contribution < 1.29 is 23.2 Å². The van der Waals surface area contributed by atoms with E-state index in [1.165, 1.54) is 12.1 Å². The van der Waals surface area contributed by atoms with Gasteiger partial charge in [-0.15, -0.1) is 0 Å². The molecule has 0 saturated carbocycles. The smallest absolute Gasteiger partial charge is 0.253 e. The maximum Gasteiger partial charge on any atom is 0.253 e. The normalized spacial score (nSPS) is 18.8. The zero-order valence-corrected chi connectivity index (χ0v) is 15.2. The van der Waals surface area contributed by atoms with Crippen molar-refractivity contribution in [3.05, 3.63) is 53.8 Å². The van der Waals surface area contributed by atoms with Gasteiger partial charge in [0.25, 0.3) is 5.91 Å². The van der Waals surface area contributed by atoms with Gasteiger partial charge in [-0.2, -0.15) is 0 Å². The molecule has 0 bridgehead atoms. The van der Waals surface area contributed by atoms with E-state index in [0.29, 0.717) is 61.5 Å². The summed E-state index contributed by atoms with van der Waals surface area (Å²) in [6.07, 6.45) is 1.35. The summed E-state index contributed by atoms with van der Waals surface area (Å²) in [6.45, 7) is 2.41. The first-order valence-corrected chi connectivity index (χ1v) is 9.36. The number of hydrogen-bond acceptors (Lipinski definition) is 5. The number of halogens is 1. The molecule has 1 amide bonds. The molecule has 0 radical (unpaired) electrons. The molecule has 2 aromatic carbocycles. The number of amides is 1. The number of nitrogens with zero attached hydrogens (tertiary/aromatic N) is 2. The molecule has 3 heterocycles. The Balaban J connectivity index is 1.41. The van der Waals surface area contributed by atoms with Gasteiger partial charge in [0.05, 0.1) is 18.6 Å². The van der Waals surface area contributed by atoms with E-state index in [4.69, 9.17) is 14.0 Å². The van der Waals surface area contributed by atoms with Gasteiger partial charge >= 0.3 is 0 Å². The average Bonchev–Trinajstić information content (AvgIpc) is 3.35. The molecule has 28 heavy (non-hydrogen) atoms. The van der Waals surface area contributed by atoms with E-state index in [-0.39, 0.29) is 11.7 Å². The van der Waals surface area contributed by atoms with Crippen LogP contribution in [0.25, 0.3) is 22.2 Å². The number of rotatable bonds is 2. The summed E-state index contributed by atoms with van der Waals surface area (Å²) < 4.78 is 30.1. The lowest BCUT2D eigenvalue weighted by Gasteiger charge is -2.37. The van der Waals surface area contributed by atoms with Crippen LogP contribution in [0.1, 0.15) is 23.2 Å². The number of fused-ring (bicyclic) bond motifs is 1. The highest BCUT2D eigenvalue weighted by Crippen LogP contribution is 2.33. The molecular weight excluding hydrogens is 363 g/mol. The second-order valence-corrected chi connectivity index (χ2v) is 7.15. The molecule has 0 aliphatic carbocycles. The highest BCUT2D eigenvalue weighted by atomic mass is 19.1. The molecule has 1 spiro atoms. The first kappa shape index (κ1) is 17.3. The van der Waals surface area contributed by atoms with Gasteiger partial charge in [-0.1, -0.05) is 5.16 Å². The van der Waals surface area contributed by atoms with E-state index in [1.807, 2.05) is 4.90 Å². The van der Waals surface area contributed by atoms with Crippen LogP contribution in [0.5, 0.6) is 0 Å². The third-order valence-electron chi connectivity index (χ3n) is 5.46. The second-order valence-electron chi connectivity index (χ2n) is 7.15. The Morgan fingerprint density at radius 1 is 1.04 bits per heavy atom. The SMILES string of the molecule is O=C(c1ccc2noc(-c3ccc(F)cc3)c2c1)N1CCC2(CC1)OCCO2. The van der Waals surface area contributed by atoms with Gasteiger partial charge in [0.15, 0.2) is 11.5 Å². The fourth-order valence-electron chi connectivity index (χ4n) is 3.90. The standard InChI is InChI=1S/C21H19FN2O4/c22-16-4-1-14(2-5-16)19-17-13-15(3-6-18(17)23-28-19)20(25)24-9-7-21(8-10-24)26-11-12-27-21/h1-6,13H,7-12H2. The molecule has 0 atom stereocenters. The molecule has 144 valence electrons. The highest BCUT2D eigenvalue weighted by Gasteiger charge is 2.40. The monoisotopic (exact) mass is 382 g/mol. The van der Waals surface area contributed by atoms with Crippen LogP contribution in [0.4, 0.5) is 4.39 Å². The first-order valence-electron chi connectivity index (χ1n) is 9.36. The van der Waals surface area contributed by atoms with Gasteiger partial charge in [-0.05, 0) is 42.5 Å². The van der Waals surface area contributed by atoms with E-state index >= 15 is 0 Å². The Kier molecular flexibility index (Phi) is 4.14. The van der Waals surface area contributed by atoms with Crippen LogP contribution < -0.4 is 0 Å². The summed E-state index contributed by atoms with van der Waals surface area (Å²) >= 11 is 0. The largest absolute Gasteiger partial charge is 0.355 e. The molecule has 6 nitrogen and oxygen atoms in total. The summed E-state index contributed by atoms with van der Waals surface area (Å²) in [7, 11) is 0. The number of likely N-dealkylation sites (tertiary alicyclic amines) is 1. The molecule has 2 fully saturated rings. The van der Waals surface area contributed by atoms with E-state index < -0.39 is 5.79 Å². The molecule has 0 unspecified atom stereocenters. The van der Waals surface area contributed by atoms with E-state index in [2.05, 4.69) is 5.16 Å². The molecule has 3 aromatic rings. The third-order valence-corrected chi connectivity index (χ3v) is 5.46. The van der Waals surface area contributed by atoms with Crippen LogP contribution >= 0.6 is 0 Å². The minimum atomic E-state index is -0.509. The van der Waals surface area contributed by atoms with Crippen molar-refractivity contribution in [1.82, 2.24) is 10.1 Å². The second kappa shape index (κ2) is 6.68. The number of piperidine rings is 1. The summed E-state index contributed by atoms with van der Waals surface area (Å²) in [6, 6.07) is 11.3. The van der Waals surface area contributed by atoms with Gasteiger partial charge in [0.1, 0.15) is 11.3 Å². The van der Waals surface area contributed by atoms with Gasteiger partial charge in [-0.3, -0.25) is 4.79 Å². The number of aromatic nitrogens is 1. The van der Waals surface area contributed by atoms with E-state index in [0.717, 1.165) is 5.39 Å². The fourth-order valence-corrected chi connectivity index (χ4v) is 3.90. The molecule has 2 aliphatic heterocycles. The third kappa shape index (κ3) is 2.96. The minimum absolute atomic E-state index is 0.0407. The zero-order valence-electron chi connectivity index (χ0n) is 15.2. The van der Waals surface area contributed by atoms with Crippen LogP contribution in [-0.2, 0) is 9.47 Å². The molecule has 2 aliphatic rings. The molecule has 2 saturated heterocycles. The van der Waals surface area contributed by atoms with Crippen molar-refractivity contribution in [2.45, 2.75) is 18.6 Å². The van der Waals surface area contributed by atoms with E-state index in [9.17, 15) is 9.18 Å². The molecule has 1 aromatic heterocycles. The van der Waals surface area contributed by atoms with Gasteiger partial charge in [-0.25, -0.2) is 4.39 Å². The lowest BCUT2D eigenvalue weighted by atomic mass is 10.0. The molecule has 7 heteroatoms. The number of benzene rings is 2. The van der Waals surface area contributed by atoms with Gasteiger partial charge < -0.3 is 18.9 Å². The van der Waals surface area contributed by atoms with Crippen LogP contribution in [0.15, 0.2) is 47.0 Å². The fraction of sp³-hybridized carbons (Fsp3) is 0.333. The van der Waals surface area contributed by atoms with Crippen LogP contribution in [0, 0.1) is 5.82 Å².